The van der Waals surface area contributed by atoms with Crippen molar-refractivity contribution >= 4 is 13.7 Å². The number of unbranched alkanes of at least 4 members (excludes halogenated alkanes) is 9. The van der Waals surface area contributed by atoms with Gasteiger partial charge in [0.1, 0.15) is 0 Å². The first-order valence-corrected chi connectivity index (χ1v) is 17.4. The molecule has 0 aromatic rings. The van der Waals surface area contributed by atoms with E-state index in [9.17, 15) is 19.4 Å². The van der Waals surface area contributed by atoms with Crippen molar-refractivity contribution in [1.82, 2.24) is 5.32 Å². The van der Waals surface area contributed by atoms with E-state index in [2.05, 4.69) is 54.8 Å². The summed E-state index contributed by atoms with van der Waals surface area (Å²) in [5.41, 5.74) is 5.32. The highest BCUT2D eigenvalue weighted by Gasteiger charge is 2.26. The predicted molar refractivity (Wildman–Crippen MR) is 175 cm³/mol. The van der Waals surface area contributed by atoms with Crippen LogP contribution in [0.25, 0.3) is 0 Å². The molecule has 0 saturated heterocycles. The SMILES string of the molecule is C/C=C/CC/C=C/CC/C=C/C(O)C(COP(=O)(O)OCCN)NC(=O)CCCCCCC/C=C\C/C=C\CCCC. The second kappa shape index (κ2) is 29.3. The van der Waals surface area contributed by atoms with Crippen molar-refractivity contribution in [2.45, 2.75) is 122 Å². The number of rotatable bonds is 28. The number of hydrogen-bond donors (Lipinski definition) is 4. The van der Waals surface area contributed by atoms with Crippen molar-refractivity contribution in [3.63, 3.8) is 0 Å². The van der Waals surface area contributed by atoms with E-state index in [-0.39, 0.29) is 25.7 Å². The van der Waals surface area contributed by atoms with E-state index >= 15 is 0 Å². The van der Waals surface area contributed by atoms with E-state index in [0.717, 1.165) is 70.6 Å². The minimum absolute atomic E-state index is 0.0662. The Morgan fingerprint density at radius 3 is 2.10 bits per heavy atom. The average molecular weight is 611 g/mol. The summed E-state index contributed by atoms with van der Waals surface area (Å²) in [6.07, 6.45) is 34.3. The number of hydrogen-bond acceptors (Lipinski definition) is 6. The number of allylic oxidation sites excluding steroid dienone is 9. The van der Waals surface area contributed by atoms with Gasteiger partial charge in [0.05, 0.1) is 25.4 Å². The van der Waals surface area contributed by atoms with Gasteiger partial charge in [-0.05, 0) is 64.7 Å². The maximum Gasteiger partial charge on any atom is 0.472 e. The van der Waals surface area contributed by atoms with Crippen LogP contribution in [-0.2, 0) is 18.4 Å². The summed E-state index contributed by atoms with van der Waals surface area (Å²) in [4.78, 5) is 22.4. The zero-order valence-electron chi connectivity index (χ0n) is 26.2. The third kappa shape index (κ3) is 27.1. The monoisotopic (exact) mass is 610 g/mol. The Kier molecular flexibility index (Phi) is 28.0. The van der Waals surface area contributed by atoms with Gasteiger partial charge in [-0.2, -0.15) is 0 Å². The van der Waals surface area contributed by atoms with Crippen LogP contribution in [0.1, 0.15) is 110 Å². The number of nitrogens with one attached hydrogen (secondary N) is 1. The van der Waals surface area contributed by atoms with Crippen LogP contribution in [0.5, 0.6) is 0 Å². The lowest BCUT2D eigenvalue weighted by Gasteiger charge is -2.23. The fourth-order valence-electron chi connectivity index (χ4n) is 3.95. The first-order valence-electron chi connectivity index (χ1n) is 15.9. The van der Waals surface area contributed by atoms with Crippen LogP contribution in [-0.4, -0.2) is 47.8 Å². The number of nitrogens with two attached hydrogens (primary N) is 1. The Hall–Kier alpha value is -1.80. The van der Waals surface area contributed by atoms with Gasteiger partial charge >= 0.3 is 7.82 Å². The van der Waals surface area contributed by atoms with Crippen molar-refractivity contribution < 1.29 is 28.4 Å². The molecule has 1 amide bonds. The summed E-state index contributed by atoms with van der Waals surface area (Å²) in [5.74, 6) is -0.231. The Balaban J connectivity index is 4.48. The molecule has 42 heavy (non-hydrogen) atoms. The molecule has 0 bridgehead atoms. The van der Waals surface area contributed by atoms with Crippen LogP contribution in [0.3, 0.4) is 0 Å². The quantitative estimate of drug-likeness (QED) is 0.0408. The minimum Gasteiger partial charge on any atom is -0.387 e. The second-order valence-corrected chi connectivity index (χ2v) is 11.8. The Labute approximate surface area is 255 Å². The molecule has 0 saturated carbocycles. The molecular weight excluding hydrogens is 551 g/mol. The van der Waals surface area contributed by atoms with Crippen molar-refractivity contribution in [3.8, 4) is 0 Å². The number of aliphatic hydroxyl groups is 1. The molecule has 242 valence electrons. The van der Waals surface area contributed by atoms with E-state index in [0.29, 0.717) is 6.42 Å². The largest absolute Gasteiger partial charge is 0.472 e. The number of carbonyl (C=O) groups is 1. The molecule has 0 radical (unpaired) electrons. The third-order valence-electron chi connectivity index (χ3n) is 6.39. The molecule has 9 heteroatoms. The van der Waals surface area contributed by atoms with Crippen LogP contribution in [0, 0.1) is 0 Å². The lowest BCUT2D eigenvalue weighted by atomic mass is 10.1. The van der Waals surface area contributed by atoms with E-state index in [1.165, 1.54) is 19.3 Å². The lowest BCUT2D eigenvalue weighted by molar-refractivity contribution is -0.123. The standard InChI is InChI=1S/C33H59N2O6P/c1-3-5-7-9-11-13-14-15-16-17-19-21-23-25-27-33(37)35-31(30-41-42(38,39)40-29-28-34)32(36)26-24-22-20-18-12-10-8-6-4-2/h4,6,9,11-12,14-15,18,24,26,31-32,36H,3,5,7-8,10,13,16-17,19-23,25,27-30,34H2,1-2H3,(H,35,37)(H,38,39)/b6-4+,11-9-,15-14-,18-12+,26-24+. The van der Waals surface area contributed by atoms with Gasteiger partial charge in [-0.3, -0.25) is 13.8 Å². The zero-order valence-corrected chi connectivity index (χ0v) is 27.1. The van der Waals surface area contributed by atoms with Gasteiger partial charge in [0.25, 0.3) is 0 Å². The molecule has 0 rings (SSSR count). The maximum atomic E-state index is 12.6. The second-order valence-electron chi connectivity index (χ2n) is 10.3. The molecule has 5 N–H and O–H groups in total. The highest BCUT2D eigenvalue weighted by molar-refractivity contribution is 7.47. The lowest BCUT2D eigenvalue weighted by Crippen LogP contribution is -2.45. The van der Waals surface area contributed by atoms with E-state index < -0.39 is 20.0 Å². The van der Waals surface area contributed by atoms with Crippen LogP contribution in [0.4, 0.5) is 0 Å². The van der Waals surface area contributed by atoms with Crippen LogP contribution < -0.4 is 11.1 Å². The number of aliphatic hydroxyl groups excluding tert-OH is 1. The molecule has 0 aromatic heterocycles. The molecule has 3 atom stereocenters. The van der Waals surface area contributed by atoms with E-state index in [1.807, 2.05) is 19.1 Å². The van der Waals surface area contributed by atoms with Gasteiger partial charge in [-0.25, -0.2) is 4.57 Å². The van der Waals surface area contributed by atoms with Gasteiger partial charge < -0.3 is 21.1 Å². The minimum atomic E-state index is -4.34. The van der Waals surface area contributed by atoms with Crippen molar-refractivity contribution in [2.75, 3.05) is 19.8 Å². The molecule has 0 heterocycles. The Morgan fingerprint density at radius 2 is 1.43 bits per heavy atom. The van der Waals surface area contributed by atoms with E-state index in [4.69, 9.17) is 14.8 Å². The topological polar surface area (TPSA) is 131 Å². The normalized spacial score (nSPS) is 15.5. The molecule has 0 fully saturated rings. The fourth-order valence-corrected chi connectivity index (χ4v) is 4.71. The highest BCUT2D eigenvalue weighted by atomic mass is 31.2. The van der Waals surface area contributed by atoms with Crippen LogP contribution >= 0.6 is 7.82 Å². The van der Waals surface area contributed by atoms with Gasteiger partial charge in [0.15, 0.2) is 0 Å². The van der Waals surface area contributed by atoms with E-state index in [1.54, 1.807) is 6.08 Å². The van der Waals surface area contributed by atoms with Crippen LogP contribution in [0.15, 0.2) is 60.8 Å². The predicted octanol–water partition coefficient (Wildman–Crippen LogP) is 7.60. The average Bonchev–Trinajstić information content (AvgIpc) is 2.97. The van der Waals surface area contributed by atoms with Gasteiger partial charge in [0.2, 0.25) is 5.91 Å². The number of phosphoric ester groups is 1. The molecular formula is C33H59N2O6P. The van der Waals surface area contributed by atoms with Gasteiger partial charge in [-0.1, -0.05) is 99.8 Å². The molecule has 0 aliphatic heterocycles. The molecule has 0 aliphatic carbocycles. The van der Waals surface area contributed by atoms with Gasteiger partial charge in [0, 0.05) is 13.0 Å². The van der Waals surface area contributed by atoms with Crippen molar-refractivity contribution in [1.29, 1.82) is 0 Å². The van der Waals surface area contributed by atoms with Gasteiger partial charge in [-0.15, -0.1) is 0 Å². The summed E-state index contributed by atoms with van der Waals surface area (Å²) in [7, 11) is -4.34. The summed E-state index contributed by atoms with van der Waals surface area (Å²) in [5, 5.41) is 13.4. The maximum absolute atomic E-state index is 12.6. The summed E-state index contributed by atoms with van der Waals surface area (Å²) >= 11 is 0. The smallest absolute Gasteiger partial charge is 0.387 e. The number of carbonyl (C=O) groups excluding carboxylic acids is 1. The first kappa shape index (κ1) is 40.2. The Morgan fingerprint density at radius 1 is 0.833 bits per heavy atom. The molecule has 0 aliphatic rings. The number of amides is 1. The molecule has 0 aromatic carbocycles. The molecule has 3 unspecified atom stereocenters. The zero-order chi connectivity index (χ0) is 31.2. The summed E-state index contributed by atoms with van der Waals surface area (Å²) < 4.78 is 21.9. The number of phosphoric acid groups is 1. The van der Waals surface area contributed by atoms with Crippen molar-refractivity contribution in [3.05, 3.63) is 60.8 Å². The Bertz CT molecular complexity index is 840. The fraction of sp³-hybridized carbons (Fsp3) is 0.667. The summed E-state index contributed by atoms with van der Waals surface area (Å²) in [6, 6.07) is -0.889. The third-order valence-corrected chi connectivity index (χ3v) is 7.37. The highest BCUT2D eigenvalue weighted by Crippen LogP contribution is 2.43. The van der Waals surface area contributed by atoms with Crippen LogP contribution in [0.2, 0.25) is 0 Å². The van der Waals surface area contributed by atoms with Crippen molar-refractivity contribution in [2.24, 2.45) is 5.73 Å². The first-order chi connectivity index (χ1) is 20.4. The summed E-state index contributed by atoms with van der Waals surface area (Å²) in [6.45, 7) is 3.77. The molecule has 8 nitrogen and oxygen atoms in total. The molecule has 0 spiro atoms.